The third-order valence-electron chi connectivity index (χ3n) is 3.18. The van der Waals surface area contributed by atoms with Gasteiger partial charge in [0.05, 0.1) is 7.11 Å². The predicted molar refractivity (Wildman–Crippen MR) is 65.7 cm³/mol. The van der Waals surface area contributed by atoms with Gasteiger partial charge < -0.3 is 4.74 Å². The van der Waals surface area contributed by atoms with E-state index < -0.39 is 0 Å². The van der Waals surface area contributed by atoms with E-state index in [-0.39, 0.29) is 17.9 Å². The van der Waals surface area contributed by atoms with Crippen molar-refractivity contribution in [3.05, 3.63) is 0 Å². The molecule has 3 nitrogen and oxygen atoms in total. The van der Waals surface area contributed by atoms with Crippen LogP contribution in [0.1, 0.15) is 46.0 Å². The molecule has 1 saturated carbocycles. The highest BCUT2D eigenvalue weighted by atomic mass is 16.5. The lowest BCUT2D eigenvalue weighted by molar-refractivity contribution is -0.143. The first-order valence-electron chi connectivity index (χ1n) is 6.26. The van der Waals surface area contributed by atoms with Crippen LogP contribution >= 0.6 is 0 Å². The highest BCUT2D eigenvalue weighted by molar-refractivity contribution is 5.78. The molecule has 0 heterocycles. The van der Waals surface area contributed by atoms with Gasteiger partial charge in [0.25, 0.3) is 0 Å². The number of rotatable bonds is 4. The third-order valence-corrected chi connectivity index (χ3v) is 3.18. The molecule has 0 amide bonds. The molecule has 1 fully saturated rings. The van der Waals surface area contributed by atoms with Gasteiger partial charge in [0.1, 0.15) is 6.04 Å². The summed E-state index contributed by atoms with van der Waals surface area (Å²) in [6.07, 6.45) is 8.35. The Labute approximate surface area is 98.3 Å². The van der Waals surface area contributed by atoms with Crippen LogP contribution in [0.2, 0.25) is 0 Å². The molecule has 1 unspecified atom stereocenters. The van der Waals surface area contributed by atoms with E-state index in [9.17, 15) is 4.79 Å². The van der Waals surface area contributed by atoms with E-state index >= 15 is 0 Å². The maximum atomic E-state index is 11.5. The highest BCUT2D eigenvalue weighted by Gasteiger charge is 2.22. The zero-order chi connectivity index (χ0) is 12.0. The van der Waals surface area contributed by atoms with Gasteiger partial charge in [-0.25, -0.2) is 4.79 Å². The highest BCUT2D eigenvalue weighted by Crippen LogP contribution is 2.22. The van der Waals surface area contributed by atoms with Crippen LogP contribution in [0.25, 0.3) is 0 Å². The van der Waals surface area contributed by atoms with Crippen LogP contribution in [0.3, 0.4) is 0 Å². The summed E-state index contributed by atoms with van der Waals surface area (Å²) in [6, 6.07) is -0.327. The van der Waals surface area contributed by atoms with E-state index in [4.69, 9.17) is 4.74 Å². The number of nitrogens with zero attached hydrogens (tertiary/aromatic N) is 1. The number of hydrogen-bond acceptors (Lipinski definition) is 3. The monoisotopic (exact) mass is 225 g/mol. The van der Waals surface area contributed by atoms with Gasteiger partial charge in [-0.2, -0.15) is 0 Å². The van der Waals surface area contributed by atoms with Crippen molar-refractivity contribution in [1.82, 2.24) is 0 Å². The van der Waals surface area contributed by atoms with Crippen LogP contribution < -0.4 is 0 Å². The average Bonchev–Trinajstić information content (AvgIpc) is 2.30. The van der Waals surface area contributed by atoms with Crippen LogP contribution in [0.5, 0.6) is 0 Å². The van der Waals surface area contributed by atoms with Crippen LogP contribution in [-0.4, -0.2) is 25.3 Å². The number of aliphatic imine (C=N–C) groups is 1. The number of esters is 1. The van der Waals surface area contributed by atoms with Crippen molar-refractivity contribution < 1.29 is 9.53 Å². The average molecular weight is 225 g/mol. The number of carbonyl (C=O) groups is 1. The number of hydrogen-bond donors (Lipinski definition) is 0. The van der Waals surface area contributed by atoms with E-state index in [1.54, 1.807) is 0 Å². The summed E-state index contributed by atoms with van der Waals surface area (Å²) in [5, 5.41) is 0. The topological polar surface area (TPSA) is 38.7 Å². The van der Waals surface area contributed by atoms with Gasteiger partial charge in [-0.1, -0.05) is 33.1 Å². The zero-order valence-corrected chi connectivity index (χ0v) is 10.6. The molecule has 0 spiro atoms. The van der Waals surface area contributed by atoms with Crippen molar-refractivity contribution in [3.8, 4) is 0 Å². The van der Waals surface area contributed by atoms with Crippen LogP contribution in [-0.2, 0) is 9.53 Å². The molecule has 1 aliphatic carbocycles. The summed E-state index contributed by atoms with van der Waals surface area (Å²) >= 11 is 0. The largest absolute Gasteiger partial charge is 0.467 e. The Balaban J connectivity index is 2.52. The summed E-state index contributed by atoms with van der Waals surface area (Å²) in [7, 11) is 1.42. The van der Waals surface area contributed by atoms with Gasteiger partial charge in [-0.05, 0) is 24.7 Å². The molecule has 0 radical (unpaired) electrons. The van der Waals surface area contributed by atoms with E-state index in [0.717, 1.165) is 0 Å². The minimum atomic E-state index is -0.327. The first-order chi connectivity index (χ1) is 7.65. The van der Waals surface area contributed by atoms with Gasteiger partial charge in [0, 0.05) is 6.21 Å². The van der Waals surface area contributed by atoms with Crippen LogP contribution in [0.15, 0.2) is 4.99 Å². The molecule has 1 aliphatic rings. The molecular weight excluding hydrogens is 202 g/mol. The Kier molecular flexibility index (Phi) is 5.50. The fraction of sp³-hybridized carbons (Fsp3) is 0.846. The molecular formula is C13H23NO2. The maximum Gasteiger partial charge on any atom is 0.330 e. The van der Waals surface area contributed by atoms with Gasteiger partial charge in [-0.15, -0.1) is 0 Å². The number of ether oxygens (including phenoxy) is 1. The number of carbonyl (C=O) groups excluding carboxylic acids is 1. The molecule has 3 heteroatoms. The van der Waals surface area contributed by atoms with E-state index in [0.29, 0.717) is 5.92 Å². The molecule has 0 aromatic carbocycles. The summed E-state index contributed by atoms with van der Waals surface area (Å²) in [5.41, 5.74) is 0. The van der Waals surface area contributed by atoms with Crippen molar-refractivity contribution in [3.63, 3.8) is 0 Å². The third kappa shape index (κ3) is 3.95. The van der Waals surface area contributed by atoms with Crippen molar-refractivity contribution in [1.29, 1.82) is 0 Å². The molecule has 0 aliphatic heterocycles. The van der Waals surface area contributed by atoms with Gasteiger partial charge in [0.15, 0.2) is 0 Å². The second-order valence-corrected chi connectivity index (χ2v) is 4.91. The summed E-state index contributed by atoms with van der Waals surface area (Å²) < 4.78 is 4.76. The van der Waals surface area contributed by atoms with Crippen molar-refractivity contribution in [2.75, 3.05) is 7.11 Å². The molecule has 0 bridgehead atoms. The molecule has 0 N–H and O–H groups in total. The number of methoxy groups -OCH3 is 1. The summed E-state index contributed by atoms with van der Waals surface area (Å²) in [6.45, 7) is 4.00. The fourth-order valence-electron chi connectivity index (χ4n) is 2.12. The van der Waals surface area contributed by atoms with Gasteiger partial charge in [0.2, 0.25) is 0 Å². The lowest BCUT2D eigenvalue weighted by Crippen LogP contribution is -2.26. The Hall–Kier alpha value is -0.860. The SMILES string of the molecule is COC(=O)C(N=CC1CCCCC1)C(C)C. The van der Waals surface area contributed by atoms with E-state index in [1.165, 1.54) is 39.2 Å². The van der Waals surface area contributed by atoms with E-state index in [1.807, 2.05) is 20.1 Å². The standard InChI is InChI=1S/C13H23NO2/c1-10(2)12(13(15)16-3)14-9-11-7-5-4-6-8-11/h9-12H,4-8H2,1-3H3. The normalized spacial score (nSPS) is 20.2. The molecule has 1 atom stereocenters. The summed E-state index contributed by atoms with van der Waals surface area (Å²) in [5.74, 6) is 0.550. The Morgan fingerprint density at radius 3 is 2.44 bits per heavy atom. The molecule has 1 rings (SSSR count). The lowest BCUT2D eigenvalue weighted by Gasteiger charge is -2.19. The quantitative estimate of drug-likeness (QED) is 0.545. The van der Waals surface area contributed by atoms with Crippen molar-refractivity contribution in [2.24, 2.45) is 16.8 Å². The first-order valence-corrected chi connectivity index (χ1v) is 6.26. The molecule has 0 aromatic heterocycles. The zero-order valence-electron chi connectivity index (χ0n) is 10.6. The molecule has 0 aromatic rings. The predicted octanol–water partition coefficient (Wildman–Crippen LogP) is 2.84. The van der Waals surface area contributed by atoms with Gasteiger partial charge in [-0.3, -0.25) is 4.99 Å². The second kappa shape index (κ2) is 6.66. The molecule has 0 saturated heterocycles. The van der Waals surface area contributed by atoms with Crippen molar-refractivity contribution >= 4 is 12.2 Å². The molecule has 16 heavy (non-hydrogen) atoms. The van der Waals surface area contributed by atoms with Crippen LogP contribution in [0, 0.1) is 11.8 Å². The molecule has 92 valence electrons. The minimum absolute atomic E-state index is 0.201. The minimum Gasteiger partial charge on any atom is -0.467 e. The second-order valence-electron chi connectivity index (χ2n) is 4.91. The maximum absolute atomic E-state index is 11.5. The summed E-state index contributed by atoms with van der Waals surface area (Å²) in [4.78, 5) is 15.9. The van der Waals surface area contributed by atoms with E-state index in [2.05, 4.69) is 4.99 Å². The van der Waals surface area contributed by atoms with Crippen LogP contribution in [0.4, 0.5) is 0 Å². The van der Waals surface area contributed by atoms with Gasteiger partial charge >= 0.3 is 5.97 Å². The Bertz CT molecular complexity index is 242. The Morgan fingerprint density at radius 1 is 1.31 bits per heavy atom. The van der Waals surface area contributed by atoms with Crippen molar-refractivity contribution in [2.45, 2.75) is 52.0 Å². The smallest absolute Gasteiger partial charge is 0.330 e. The Morgan fingerprint density at radius 2 is 1.94 bits per heavy atom. The lowest BCUT2D eigenvalue weighted by atomic mass is 9.90. The first kappa shape index (κ1) is 13.2. The fourth-order valence-corrected chi connectivity index (χ4v) is 2.12.